The highest BCUT2D eigenvalue weighted by Gasteiger charge is 2.29. The Balaban J connectivity index is 1.72. The number of β-amino-alcohol motifs (C(OH)–C–C–N with tert-alkyl or cyclic N) is 1. The predicted molar refractivity (Wildman–Crippen MR) is 56.5 cm³/mol. The highest BCUT2D eigenvalue weighted by atomic mass is 16.3. The minimum atomic E-state index is -0.292. The largest absolute Gasteiger partial charge is 0.389 e. The normalized spacial score (nSPS) is 24.7. The first-order chi connectivity index (χ1) is 7.25. The van der Waals surface area contributed by atoms with Crippen LogP contribution in [0.4, 0.5) is 0 Å². The van der Waals surface area contributed by atoms with Crippen LogP contribution in [0.3, 0.4) is 0 Å². The molecule has 0 aliphatic carbocycles. The minimum Gasteiger partial charge on any atom is -0.389 e. The van der Waals surface area contributed by atoms with Gasteiger partial charge in [-0.25, -0.2) is 0 Å². The van der Waals surface area contributed by atoms with Gasteiger partial charge in [0, 0.05) is 26.2 Å². The van der Waals surface area contributed by atoms with Crippen LogP contribution in [0.25, 0.3) is 0 Å². The predicted octanol–water partition coefficient (Wildman–Crippen LogP) is -1.52. The van der Waals surface area contributed by atoms with E-state index in [4.69, 9.17) is 5.11 Å². The first-order valence-electron chi connectivity index (χ1n) is 5.64. The molecule has 2 aliphatic rings. The first-order valence-corrected chi connectivity index (χ1v) is 5.64. The van der Waals surface area contributed by atoms with E-state index in [9.17, 15) is 4.79 Å². The van der Waals surface area contributed by atoms with Crippen molar-refractivity contribution in [1.29, 1.82) is 0 Å². The van der Waals surface area contributed by atoms with Crippen molar-refractivity contribution in [3.63, 3.8) is 0 Å². The number of hydrogen-bond donors (Lipinski definition) is 2. The van der Waals surface area contributed by atoms with Crippen molar-refractivity contribution in [3.05, 3.63) is 0 Å². The Labute approximate surface area is 90.0 Å². The van der Waals surface area contributed by atoms with E-state index in [0.29, 0.717) is 19.6 Å². The number of nitrogens with zero attached hydrogens (tertiary/aromatic N) is 2. The summed E-state index contributed by atoms with van der Waals surface area (Å²) in [5, 5.41) is 12.4. The van der Waals surface area contributed by atoms with E-state index in [1.165, 1.54) is 0 Å². The number of rotatable bonds is 2. The summed E-state index contributed by atoms with van der Waals surface area (Å²) in [6, 6.07) is 0. The molecule has 2 fully saturated rings. The molecule has 0 radical (unpaired) electrons. The lowest BCUT2D eigenvalue weighted by Gasteiger charge is -2.37. The fourth-order valence-corrected chi connectivity index (χ4v) is 2.01. The van der Waals surface area contributed by atoms with Gasteiger partial charge in [-0.1, -0.05) is 0 Å². The van der Waals surface area contributed by atoms with Gasteiger partial charge in [0.2, 0.25) is 5.91 Å². The van der Waals surface area contributed by atoms with Gasteiger partial charge in [-0.05, 0) is 19.5 Å². The molecule has 2 aliphatic heterocycles. The lowest BCUT2D eigenvalue weighted by atomic mass is 10.1. The molecule has 0 unspecified atom stereocenters. The Hall–Kier alpha value is -0.650. The summed E-state index contributed by atoms with van der Waals surface area (Å²) in [7, 11) is 0. The third-order valence-corrected chi connectivity index (χ3v) is 3.01. The molecule has 2 saturated heterocycles. The first kappa shape index (κ1) is 10.9. The SMILES string of the molecule is O=C(CN1CCCNCC1)N1CC(O)C1. The number of carbonyl (C=O) groups excluding carboxylic acids is 1. The average molecular weight is 213 g/mol. The summed E-state index contributed by atoms with van der Waals surface area (Å²) in [5.41, 5.74) is 0. The molecule has 86 valence electrons. The molecule has 1 amide bonds. The van der Waals surface area contributed by atoms with Gasteiger partial charge in [0.05, 0.1) is 12.6 Å². The monoisotopic (exact) mass is 213 g/mol. The molecule has 0 bridgehead atoms. The zero-order valence-electron chi connectivity index (χ0n) is 8.98. The smallest absolute Gasteiger partial charge is 0.236 e. The lowest BCUT2D eigenvalue weighted by Crippen LogP contribution is -2.56. The molecule has 0 aromatic rings. The quantitative estimate of drug-likeness (QED) is 0.585. The molecular formula is C10H19N3O2. The van der Waals surface area contributed by atoms with Crippen LogP contribution in [-0.4, -0.2) is 72.7 Å². The van der Waals surface area contributed by atoms with Gasteiger partial charge in [0.1, 0.15) is 0 Å². The number of nitrogens with one attached hydrogen (secondary N) is 1. The third-order valence-electron chi connectivity index (χ3n) is 3.01. The van der Waals surface area contributed by atoms with Crippen LogP contribution in [0.2, 0.25) is 0 Å². The van der Waals surface area contributed by atoms with E-state index in [1.54, 1.807) is 4.90 Å². The fourth-order valence-electron chi connectivity index (χ4n) is 2.01. The second kappa shape index (κ2) is 4.92. The molecule has 5 nitrogen and oxygen atoms in total. The van der Waals surface area contributed by atoms with Gasteiger partial charge in [0.15, 0.2) is 0 Å². The van der Waals surface area contributed by atoms with E-state index < -0.39 is 0 Å². The number of carbonyl (C=O) groups is 1. The van der Waals surface area contributed by atoms with Gasteiger partial charge in [-0.3, -0.25) is 9.69 Å². The molecule has 5 heteroatoms. The van der Waals surface area contributed by atoms with Crippen LogP contribution in [-0.2, 0) is 4.79 Å². The molecule has 2 heterocycles. The second-order valence-electron chi connectivity index (χ2n) is 4.33. The van der Waals surface area contributed by atoms with E-state index >= 15 is 0 Å². The van der Waals surface area contributed by atoms with Crippen LogP contribution in [0.5, 0.6) is 0 Å². The van der Waals surface area contributed by atoms with Crippen LogP contribution in [0.1, 0.15) is 6.42 Å². The van der Waals surface area contributed by atoms with Crippen LogP contribution in [0, 0.1) is 0 Å². The minimum absolute atomic E-state index is 0.155. The molecule has 2 rings (SSSR count). The topological polar surface area (TPSA) is 55.8 Å². The third kappa shape index (κ3) is 2.90. The Morgan fingerprint density at radius 3 is 2.87 bits per heavy atom. The Bertz CT molecular complexity index is 221. The average Bonchev–Trinajstić information content (AvgIpc) is 2.41. The Kier molecular flexibility index (Phi) is 3.56. The molecule has 0 atom stereocenters. The van der Waals surface area contributed by atoms with Crippen molar-refractivity contribution in [3.8, 4) is 0 Å². The molecule has 15 heavy (non-hydrogen) atoms. The molecule has 2 N–H and O–H groups in total. The van der Waals surface area contributed by atoms with Gasteiger partial charge in [-0.15, -0.1) is 0 Å². The van der Waals surface area contributed by atoms with Crippen molar-refractivity contribution in [1.82, 2.24) is 15.1 Å². The lowest BCUT2D eigenvalue weighted by molar-refractivity contribution is -0.142. The number of aliphatic hydroxyl groups is 1. The van der Waals surface area contributed by atoms with Crippen LogP contribution >= 0.6 is 0 Å². The number of aliphatic hydroxyl groups excluding tert-OH is 1. The van der Waals surface area contributed by atoms with E-state index in [2.05, 4.69) is 10.2 Å². The molecule has 0 spiro atoms. The van der Waals surface area contributed by atoms with Gasteiger partial charge in [0.25, 0.3) is 0 Å². The van der Waals surface area contributed by atoms with E-state index in [1.807, 2.05) is 0 Å². The summed E-state index contributed by atoms with van der Waals surface area (Å²) in [5.74, 6) is 0.155. The molecule has 0 saturated carbocycles. The second-order valence-corrected chi connectivity index (χ2v) is 4.33. The van der Waals surface area contributed by atoms with Crippen LogP contribution < -0.4 is 5.32 Å². The van der Waals surface area contributed by atoms with Gasteiger partial charge >= 0.3 is 0 Å². The van der Waals surface area contributed by atoms with Crippen molar-refractivity contribution in [2.24, 2.45) is 0 Å². The summed E-state index contributed by atoms with van der Waals surface area (Å²) < 4.78 is 0. The van der Waals surface area contributed by atoms with Crippen LogP contribution in [0.15, 0.2) is 0 Å². The zero-order valence-corrected chi connectivity index (χ0v) is 8.98. The summed E-state index contributed by atoms with van der Waals surface area (Å²) in [4.78, 5) is 15.6. The maximum atomic E-state index is 11.7. The molecule has 0 aromatic carbocycles. The summed E-state index contributed by atoms with van der Waals surface area (Å²) in [6.45, 7) is 5.50. The highest BCUT2D eigenvalue weighted by molar-refractivity contribution is 5.79. The maximum Gasteiger partial charge on any atom is 0.236 e. The molecular weight excluding hydrogens is 194 g/mol. The maximum absolute atomic E-state index is 11.7. The zero-order chi connectivity index (χ0) is 10.7. The Morgan fingerprint density at radius 1 is 1.33 bits per heavy atom. The van der Waals surface area contributed by atoms with Crippen molar-refractivity contribution >= 4 is 5.91 Å². The fraction of sp³-hybridized carbons (Fsp3) is 0.900. The summed E-state index contributed by atoms with van der Waals surface area (Å²) in [6.07, 6.45) is 0.815. The number of amides is 1. The van der Waals surface area contributed by atoms with Crippen molar-refractivity contribution in [2.75, 3.05) is 45.8 Å². The highest BCUT2D eigenvalue weighted by Crippen LogP contribution is 2.08. The molecule has 0 aromatic heterocycles. The Morgan fingerprint density at radius 2 is 2.13 bits per heavy atom. The number of likely N-dealkylation sites (tertiary alicyclic amines) is 1. The standard InChI is InChI=1S/C10H19N3O2/c14-9-6-13(7-9)10(15)8-12-4-1-2-11-3-5-12/h9,11,14H,1-8H2. The van der Waals surface area contributed by atoms with Gasteiger partial charge < -0.3 is 15.3 Å². The van der Waals surface area contributed by atoms with Crippen molar-refractivity contribution in [2.45, 2.75) is 12.5 Å². The van der Waals surface area contributed by atoms with E-state index in [-0.39, 0.29) is 12.0 Å². The van der Waals surface area contributed by atoms with Gasteiger partial charge in [-0.2, -0.15) is 0 Å². The van der Waals surface area contributed by atoms with E-state index in [0.717, 1.165) is 32.6 Å². The summed E-state index contributed by atoms with van der Waals surface area (Å²) >= 11 is 0. The number of hydrogen-bond acceptors (Lipinski definition) is 4. The van der Waals surface area contributed by atoms with Crippen molar-refractivity contribution < 1.29 is 9.90 Å².